The van der Waals surface area contributed by atoms with Crippen molar-refractivity contribution in [3.63, 3.8) is 0 Å². The van der Waals surface area contributed by atoms with E-state index in [-0.39, 0.29) is 36.3 Å². The van der Waals surface area contributed by atoms with E-state index in [1.54, 1.807) is 0 Å². The van der Waals surface area contributed by atoms with Gasteiger partial charge in [0.1, 0.15) is 34.3 Å². The summed E-state index contributed by atoms with van der Waals surface area (Å²) in [5.41, 5.74) is -10.8. The van der Waals surface area contributed by atoms with E-state index in [0.717, 1.165) is 13.0 Å². The van der Waals surface area contributed by atoms with Crippen LogP contribution in [0.15, 0.2) is 12.1 Å². The Morgan fingerprint density at radius 1 is 0.944 bits per heavy atom. The van der Waals surface area contributed by atoms with E-state index in [1.807, 2.05) is 0 Å². The van der Waals surface area contributed by atoms with Crippen molar-refractivity contribution in [3.05, 3.63) is 69.2 Å². The summed E-state index contributed by atoms with van der Waals surface area (Å²) in [6.07, 6.45) is -10.9. The van der Waals surface area contributed by atoms with E-state index in [0.29, 0.717) is 0 Å². The first kappa shape index (κ1) is 28.7. The van der Waals surface area contributed by atoms with Gasteiger partial charge in [-0.3, -0.25) is 4.79 Å². The number of carbonyl (C=O) groups excluding carboxylic acids is 1. The molecule has 0 aliphatic rings. The third-order valence-corrected chi connectivity index (χ3v) is 4.50. The Labute approximate surface area is 205 Å². The normalized spacial score (nSPS) is 11.7. The maximum absolute atomic E-state index is 14.3. The van der Waals surface area contributed by atoms with E-state index >= 15 is 0 Å². The van der Waals surface area contributed by atoms with Crippen LogP contribution in [-0.4, -0.2) is 25.7 Å². The number of nitriles is 1. The van der Waals surface area contributed by atoms with Crippen LogP contribution in [0.25, 0.3) is 5.69 Å². The minimum atomic E-state index is -5.43. The van der Waals surface area contributed by atoms with Crippen molar-refractivity contribution < 1.29 is 73.3 Å². The van der Waals surface area contributed by atoms with Gasteiger partial charge in [-0.25, -0.2) is 22.5 Å². The Bertz CT molecular complexity index is 1360. The maximum Gasteiger partial charge on any atom is 0.433 e. The zero-order valence-corrected chi connectivity index (χ0v) is 20.3. The Morgan fingerprint density at radius 3 is 1.78 bits per heavy atom. The molecule has 3 aromatic rings. The number of hydrogen-bond donors (Lipinski definition) is 1. The van der Waals surface area contributed by atoms with Gasteiger partial charge in [-0.1, -0.05) is 0 Å². The van der Waals surface area contributed by atoms with Gasteiger partial charge in [-0.05, 0) is 19.1 Å². The average Bonchev–Trinajstić information content (AvgIpc) is 3.04. The molecule has 0 atom stereocenters. The monoisotopic (exact) mass is 576 g/mol. The molecule has 0 saturated heterocycles. The molecule has 1 aromatic carbocycles. The van der Waals surface area contributed by atoms with Crippen LogP contribution >= 0.6 is 0 Å². The molecule has 0 amide bonds. The minimum Gasteiger partial charge on any atom is -0.493 e. The van der Waals surface area contributed by atoms with Crippen molar-refractivity contribution in [2.45, 2.75) is 19.3 Å². The predicted molar refractivity (Wildman–Crippen MR) is 92.2 cm³/mol. The van der Waals surface area contributed by atoms with Crippen molar-refractivity contribution in [2.75, 3.05) is 0 Å². The van der Waals surface area contributed by atoms with E-state index < -0.39 is 86.7 Å². The zero-order valence-electron chi connectivity index (χ0n) is 17.3. The number of ketones is 1. The molecule has 0 aliphatic carbocycles. The molecule has 3 rings (SSSR count). The molecule has 0 spiro atoms. The van der Waals surface area contributed by atoms with Crippen molar-refractivity contribution in [3.8, 4) is 17.6 Å². The number of aryl methyl sites for hydroxylation is 1. The number of halogens is 10. The van der Waals surface area contributed by atoms with E-state index in [2.05, 4.69) is 10.1 Å². The van der Waals surface area contributed by atoms with Crippen LogP contribution in [0.3, 0.4) is 0 Å². The molecule has 1 N–H and O–H groups in total. The fourth-order valence-electron chi connectivity index (χ4n) is 2.94. The molecule has 0 aliphatic heterocycles. The number of benzene rings is 1. The molecule has 17 heteroatoms. The van der Waals surface area contributed by atoms with Gasteiger partial charge in [-0.15, -0.1) is 0 Å². The van der Waals surface area contributed by atoms with Crippen LogP contribution in [0, 0.1) is 41.5 Å². The fraction of sp³-hybridized carbons (Fsp3) is 0.158. The largest absolute Gasteiger partial charge is 0.493 e. The Balaban J connectivity index is 0.00000456. The molecule has 0 radical (unpaired) electrons. The number of hydrogen-bond acceptors (Lipinski definition) is 5. The second-order valence-corrected chi connectivity index (χ2v) is 6.74. The molecule has 36 heavy (non-hydrogen) atoms. The van der Waals surface area contributed by atoms with E-state index in [1.165, 1.54) is 0 Å². The second-order valence-electron chi connectivity index (χ2n) is 6.74. The summed E-state index contributed by atoms with van der Waals surface area (Å²) >= 11 is 0. The van der Waals surface area contributed by atoms with Gasteiger partial charge in [0.05, 0.1) is 5.69 Å². The summed E-state index contributed by atoms with van der Waals surface area (Å²) in [4.78, 5) is 15.2. The average molecular weight is 578 g/mol. The molecule has 6 nitrogen and oxygen atoms in total. The summed E-state index contributed by atoms with van der Waals surface area (Å²) in [5, 5.41) is 22.2. The molecule has 0 fully saturated rings. The fourth-order valence-corrected chi connectivity index (χ4v) is 2.94. The maximum atomic E-state index is 14.3. The van der Waals surface area contributed by atoms with Gasteiger partial charge >= 0.3 is 12.4 Å². The molecule has 186 valence electrons. The van der Waals surface area contributed by atoms with Crippen molar-refractivity contribution in [1.82, 2.24) is 14.8 Å². The number of pyridine rings is 1. The van der Waals surface area contributed by atoms with Gasteiger partial charge in [-0.2, -0.15) is 41.4 Å². The van der Waals surface area contributed by atoms with Crippen molar-refractivity contribution in [1.29, 1.82) is 5.26 Å². The minimum absolute atomic E-state index is 0. The third-order valence-electron chi connectivity index (χ3n) is 4.50. The van der Waals surface area contributed by atoms with Crippen LogP contribution in [0.1, 0.15) is 38.6 Å². The molecular weight excluding hydrogens is 572 g/mol. The third kappa shape index (κ3) is 4.77. The summed E-state index contributed by atoms with van der Waals surface area (Å²) in [6.45, 7) is 0.853. The van der Waals surface area contributed by atoms with Crippen LogP contribution in [-0.2, 0) is 31.8 Å². The first-order valence-electron chi connectivity index (χ1n) is 8.76. The summed E-state index contributed by atoms with van der Waals surface area (Å²) in [7, 11) is 0. The summed E-state index contributed by atoms with van der Waals surface area (Å²) in [6, 6.07) is 0.717. The standard InChI is InChI=1S/C19H6F10N4O2.Zn/c1-5-10(16(34)6-2-8(18(24,25)26)31-9(3-6)19(27,28)29)17(35)33(32-5)15-13(22)11(20)7(4-30)12(21)14(15)23;/h2-3,35H,1H3;. The topological polar surface area (TPSA) is 91.8 Å². The summed E-state index contributed by atoms with van der Waals surface area (Å²) in [5.74, 6) is -12.2. The Morgan fingerprint density at radius 2 is 1.39 bits per heavy atom. The predicted octanol–water partition coefficient (Wildman–Crippen LogP) is 4.98. The molecule has 0 saturated carbocycles. The first-order chi connectivity index (χ1) is 16.0. The number of nitrogens with zero attached hydrogens (tertiary/aromatic N) is 4. The van der Waals surface area contributed by atoms with E-state index in [9.17, 15) is 53.8 Å². The zero-order chi connectivity index (χ0) is 26.6. The first-order valence-corrected chi connectivity index (χ1v) is 8.76. The molecular formula is C19H6F10N4O2Zn. The molecule has 2 aromatic heterocycles. The van der Waals surface area contributed by atoms with Gasteiger partial charge in [0.15, 0.2) is 23.3 Å². The number of alkyl halides is 6. The number of aromatic nitrogens is 3. The number of carbonyl (C=O) groups is 1. The van der Waals surface area contributed by atoms with Crippen LogP contribution in [0.5, 0.6) is 5.88 Å². The molecule has 0 unspecified atom stereocenters. The van der Waals surface area contributed by atoms with E-state index in [4.69, 9.17) is 5.26 Å². The van der Waals surface area contributed by atoms with Gasteiger partial charge in [0.2, 0.25) is 11.7 Å². The van der Waals surface area contributed by atoms with Crippen LogP contribution < -0.4 is 0 Å². The Hall–Kier alpha value is -3.54. The smallest absolute Gasteiger partial charge is 0.433 e. The number of aromatic hydroxyl groups is 1. The van der Waals surface area contributed by atoms with Gasteiger partial charge < -0.3 is 5.11 Å². The quantitative estimate of drug-likeness (QED) is 0.205. The van der Waals surface area contributed by atoms with Gasteiger partial charge in [0.25, 0.3) is 0 Å². The number of rotatable bonds is 3. The van der Waals surface area contributed by atoms with Gasteiger partial charge in [0, 0.05) is 25.0 Å². The van der Waals surface area contributed by atoms with Crippen molar-refractivity contribution in [2.24, 2.45) is 0 Å². The molecule has 0 bridgehead atoms. The molecule has 2 heterocycles. The Kier molecular flexibility index (Phi) is 7.57. The summed E-state index contributed by atoms with van der Waals surface area (Å²) < 4.78 is 135. The van der Waals surface area contributed by atoms with Crippen LogP contribution in [0.4, 0.5) is 43.9 Å². The second kappa shape index (κ2) is 9.49. The van der Waals surface area contributed by atoms with Crippen molar-refractivity contribution >= 4 is 5.78 Å². The SMILES string of the molecule is Cc1nn(-c2c(F)c(F)c(C#N)c(F)c2F)c(O)c1C(=O)c1cc(C(F)(F)F)nc(C(F)(F)F)c1.[Zn]. The van der Waals surface area contributed by atoms with Crippen LogP contribution in [0.2, 0.25) is 0 Å².